The zero-order valence-corrected chi connectivity index (χ0v) is 5.09. The molecular weight excluding hydrogens is 108 g/mol. The Morgan fingerprint density at radius 3 is 2.71 bits per heavy atom. The quantitative estimate of drug-likeness (QED) is 0.257. The number of nitrogens with two attached hydrogens (primary N) is 1. The van der Waals surface area contributed by atoms with Crippen LogP contribution in [-0.2, 0) is 0 Å². The molecule has 3 heteroatoms. The van der Waals surface area contributed by atoms with Crippen LogP contribution in [0.1, 0.15) is 13.3 Å². The Balaban J connectivity index is 3.37. The van der Waals surface area contributed by atoms with Crippen molar-refractivity contribution < 1.29 is 4.99 Å². The first-order valence-electron chi connectivity index (χ1n) is 2.14. The highest BCUT2D eigenvalue weighted by Gasteiger charge is 1.83. The Hall–Kier alpha value is -0.440. The molecule has 0 amide bonds. The first kappa shape index (κ1) is 6.56. The lowest BCUT2D eigenvalue weighted by atomic mass is 10.5. The summed E-state index contributed by atoms with van der Waals surface area (Å²) >= 11 is 4.73. The second-order valence-corrected chi connectivity index (χ2v) is 1.58. The van der Waals surface area contributed by atoms with E-state index in [9.17, 15) is 0 Å². The third-order valence-corrected chi connectivity index (χ3v) is 0.972. The van der Waals surface area contributed by atoms with Gasteiger partial charge >= 0.3 is 0 Å². The number of rotatable bonds is 1. The predicted molar refractivity (Wildman–Crippen MR) is 34.1 cm³/mol. The molecule has 0 atom stereocenters. The number of hydrogen-bond donors (Lipinski definition) is 2. The van der Waals surface area contributed by atoms with Gasteiger partial charge in [-0.15, -0.1) is 0 Å². The van der Waals surface area contributed by atoms with E-state index in [1.807, 2.05) is 6.92 Å². The molecule has 0 aromatic heterocycles. The van der Waals surface area contributed by atoms with Crippen LogP contribution >= 0.6 is 12.2 Å². The molecule has 0 heterocycles. The molecule has 3 N–H and O–H groups in total. The highest BCUT2D eigenvalue weighted by atomic mass is 32.1. The van der Waals surface area contributed by atoms with Gasteiger partial charge in [0.25, 0.3) is 0 Å². The van der Waals surface area contributed by atoms with Crippen molar-refractivity contribution in [1.82, 2.24) is 0 Å². The summed E-state index contributed by atoms with van der Waals surface area (Å²) in [5.74, 6) is 0. The Labute approximate surface area is 48.4 Å². The van der Waals surface area contributed by atoms with Gasteiger partial charge in [0.15, 0.2) is 4.99 Å². The molecule has 0 fully saturated rings. The van der Waals surface area contributed by atoms with Crippen molar-refractivity contribution in [3.05, 3.63) is 0 Å². The monoisotopic (exact) mass is 117 g/mol. The molecule has 0 saturated heterocycles. The van der Waals surface area contributed by atoms with Crippen LogP contribution in [0.2, 0.25) is 0 Å². The summed E-state index contributed by atoms with van der Waals surface area (Å²) in [6.07, 6.45) is 2.19. The van der Waals surface area contributed by atoms with Gasteiger partial charge < -0.3 is 0 Å². The van der Waals surface area contributed by atoms with Crippen LogP contribution in [0.25, 0.3) is 0 Å². The van der Waals surface area contributed by atoms with Crippen molar-refractivity contribution in [2.45, 2.75) is 13.3 Å². The average molecular weight is 117 g/mol. The van der Waals surface area contributed by atoms with E-state index in [1.54, 1.807) is 0 Å². The molecule has 0 bridgehead atoms. The SMILES string of the molecule is CCC(=S)[NH+]=CN. The van der Waals surface area contributed by atoms with Crippen molar-refractivity contribution in [2.24, 2.45) is 5.73 Å². The van der Waals surface area contributed by atoms with E-state index in [2.05, 4.69) is 4.99 Å². The Morgan fingerprint density at radius 1 is 2.00 bits per heavy atom. The second-order valence-electron chi connectivity index (χ2n) is 1.09. The van der Waals surface area contributed by atoms with E-state index >= 15 is 0 Å². The van der Waals surface area contributed by atoms with Crippen molar-refractivity contribution in [2.75, 3.05) is 0 Å². The minimum atomic E-state index is 0.780. The summed E-state index contributed by atoms with van der Waals surface area (Å²) < 4.78 is 0. The summed E-state index contributed by atoms with van der Waals surface area (Å²) in [4.78, 5) is 3.46. The topological polar surface area (TPSA) is 40.0 Å². The van der Waals surface area contributed by atoms with Crippen molar-refractivity contribution in [3.63, 3.8) is 0 Å². The number of thiocarbonyl (C=S) groups is 1. The fraction of sp³-hybridized carbons (Fsp3) is 0.500. The third kappa shape index (κ3) is 3.39. The molecule has 0 aromatic rings. The molecule has 0 aliphatic heterocycles. The fourth-order valence-electron chi connectivity index (χ4n) is 0.195. The highest BCUT2D eigenvalue weighted by molar-refractivity contribution is 7.79. The maximum absolute atomic E-state index is 4.98. The van der Waals surface area contributed by atoms with Gasteiger partial charge in [-0.05, 0) is 12.2 Å². The maximum Gasteiger partial charge on any atom is 0.233 e. The van der Waals surface area contributed by atoms with Gasteiger partial charge in [-0.3, -0.25) is 5.73 Å². The number of nitrogens with one attached hydrogen (secondary N) is 1. The fourth-order valence-corrected chi connectivity index (χ4v) is 0.263. The van der Waals surface area contributed by atoms with Gasteiger partial charge in [0, 0.05) is 6.42 Å². The van der Waals surface area contributed by atoms with Gasteiger partial charge in [0.2, 0.25) is 6.34 Å². The van der Waals surface area contributed by atoms with Crippen LogP contribution in [-0.4, -0.2) is 11.3 Å². The standard InChI is InChI=1S/C4H8N2S/c1-2-4(7)6-3-5/h3H,2H2,1H3,(H2,5,6,7)/p+1. The molecule has 0 aromatic carbocycles. The van der Waals surface area contributed by atoms with Crippen LogP contribution in [0.4, 0.5) is 0 Å². The Morgan fingerprint density at radius 2 is 2.57 bits per heavy atom. The van der Waals surface area contributed by atoms with Gasteiger partial charge in [-0.1, -0.05) is 6.92 Å². The van der Waals surface area contributed by atoms with Crippen LogP contribution in [0.3, 0.4) is 0 Å². The largest absolute Gasteiger partial charge is 0.293 e. The van der Waals surface area contributed by atoms with E-state index in [1.165, 1.54) is 6.34 Å². The summed E-state index contributed by atoms with van der Waals surface area (Å²) in [5, 5.41) is 0. The molecule has 0 spiro atoms. The summed E-state index contributed by atoms with van der Waals surface area (Å²) in [6, 6.07) is 0. The van der Waals surface area contributed by atoms with Gasteiger partial charge in [0.05, 0.1) is 0 Å². The summed E-state index contributed by atoms with van der Waals surface area (Å²) in [7, 11) is 0. The Bertz CT molecular complexity index is 87.7. The Kier molecular flexibility index (Phi) is 3.50. The highest BCUT2D eigenvalue weighted by Crippen LogP contribution is 1.67. The lowest BCUT2D eigenvalue weighted by Gasteiger charge is -1.79. The van der Waals surface area contributed by atoms with Crippen molar-refractivity contribution in [1.29, 1.82) is 0 Å². The molecule has 2 nitrogen and oxygen atoms in total. The molecule has 0 rings (SSSR count). The van der Waals surface area contributed by atoms with Gasteiger partial charge in [-0.2, -0.15) is 0 Å². The maximum atomic E-state index is 4.98. The smallest absolute Gasteiger partial charge is 0.233 e. The van der Waals surface area contributed by atoms with Crippen LogP contribution in [0.15, 0.2) is 0 Å². The first-order valence-corrected chi connectivity index (χ1v) is 2.55. The van der Waals surface area contributed by atoms with E-state index in [4.69, 9.17) is 18.0 Å². The minimum Gasteiger partial charge on any atom is -0.293 e. The van der Waals surface area contributed by atoms with Crippen molar-refractivity contribution in [3.8, 4) is 0 Å². The summed E-state index contributed by atoms with van der Waals surface area (Å²) in [6.45, 7) is 1.97. The molecule has 7 heavy (non-hydrogen) atoms. The molecule has 40 valence electrons. The van der Waals surface area contributed by atoms with Gasteiger partial charge in [0.1, 0.15) is 0 Å². The molecule has 0 aliphatic carbocycles. The van der Waals surface area contributed by atoms with Crippen LogP contribution in [0, 0.1) is 0 Å². The van der Waals surface area contributed by atoms with Crippen LogP contribution in [0.5, 0.6) is 0 Å². The first-order chi connectivity index (χ1) is 3.31. The van der Waals surface area contributed by atoms with Crippen molar-refractivity contribution >= 4 is 23.5 Å². The molecule has 0 unspecified atom stereocenters. The minimum absolute atomic E-state index is 0.780. The molecular formula is C4H9N2S+. The number of hydrogen-bond acceptors (Lipinski definition) is 1. The van der Waals surface area contributed by atoms with E-state index < -0.39 is 0 Å². The lowest BCUT2D eigenvalue weighted by Crippen LogP contribution is -2.74. The normalized spacial score (nSPS) is 9.86. The predicted octanol–water partition coefficient (Wildman–Crippen LogP) is -1.21. The lowest BCUT2D eigenvalue weighted by molar-refractivity contribution is -0.308. The third-order valence-electron chi connectivity index (χ3n) is 0.565. The zero-order valence-electron chi connectivity index (χ0n) is 4.27. The molecule has 0 aliphatic rings. The van der Waals surface area contributed by atoms with E-state index in [0.717, 1.165) is 11.4 Å². The summed E-state index contributed by atoms with van der Waals surface area (Å²) in [5.41, 5.74) is 4.98. The van der Waals surface area contributed by atoms with E-state index in [0.29, 0.717) is 0 Å². The molecule has 0 saturated carbocycles. The average Bonchev–Trinajstić information content (AvgIpc) is 1.68. The molecule has 0 radical (unpaired) electrons. The zero-order chi connectivity index (χ0) is 5.70. The van der Waals surface area contributed by atoms with E-state index in [-0.39, 0.29) is 0 Å². The van der Waals surface area contributed by atoms with Gasteiger partial charge in [-0.25, -0.2) is 4.99 Å². The van der Waals surface area contributed by atoms with Crippen LogP contribution < -0.4 is 10.7 Å². The second kappa shape index (κ2) is 3.74.